The molecule has 6 nitrogen and oxygen atoms in total. The van der Waals surface area contributed by atoms with Gasteiger partial charge in [0.1, 0.15) is 29.3 Å². The highest BCUT2D eigenvalue weighted by molar-refractivity contribution is 7.80. The SMILES string of the molecule is COc1ccc2c(n1)C1(CO2)NC(=S)N(Cc2ccc(Cl)o2)c2ccccc21. The van der Waals surface area contributed by atoms with E-state index in [2.05, 4.69) is 16.4 Å². The van der Waals surface area contributed by atoms with Gasteiger partial charge < -0.3 is 24.1 Å². The van der Waals surface area contributed by atoms with Crippen LogP contribution in [-0.4, -0.2) is 23.8 Å². The average molecular weight is 414 g/mol. The van der Waals surface area contributed by atoms with Gasteiger partial charge in [0.2, 0.25) is 5.88 Å². The van der Waals surface area contributed by atoms with Gasteiger partial charge in [0.15, 0.2) is 10.3 Å². The summed E-state index contributed by atoms with van der Waals surface area (Å²) in [4.78, 5) is 6.66. The maximum Gasteiger partial charge on any atom is 0.213 e. The number of hydrogen-bond acceptors (Lipinski definition) is 5. The quantitative estimate of drug-likeness (QED) is 0.654. The van der Waals surface area contributed by atoms with Crippen LogP contribution in [0.3, 0.4) is 0 Å². The van der Waals surface area contributed by atoms with Crippen molar-refractivity contribution in [3.05, 3.63) is 70.8 Å². The number of nitrogens with one attached hydrogen (secondary N) is 1. The zero-order valence-corrected chi connectivity index (χ0v) is 16.5. The number of methoxy groups -OCH3 is 1. The Morgan fingerprint density at radius 1 is 1.25 bits per heavy atom. The Bertz CT molecular complexity index is 1090. The molecule has 2 aromatic heterocycles. The van der Waals surface area contributed by atoms with E-state index in [-0.39, 0.29) is 0 Å². The van der Waals surface area contributed by atoms with Gasteiger partial charge in [0.25, 0.3) is 0 Å². The van der Waals surface area contributed by atoms with Gasteiger partial charge in [-0.25, -0.2) is 4.98 Å². The van der Waals surface area contributed by atoms with Crippen molar-refractivity contribution in [2.75, 3.05) is 18.6 Å². The summed E-state index contributed by atoms with van der Waals surface area (Å²) in [6.45, 7) is 0.852. The number of benzene rings is 1. The molecule has 28 heavy (non-hydrogen) atoms. The van der Waals surface area contributed by atoms with E-state index in [1.807, 2.05) is 35.2 Å². The second-order valence-electron chi connectivity index (χ2n) is 6.63. The third-order valence-electron chi connectivity index (χ3n) is 5.05. The Kier molecular flexibility index (Phi) is 3.96. The number of hydrogen-bond donors (Lipinski definition) is 1. The molecule has 1 unspecified atom stereocenters. The first kappa shape index (κ1) is 17.3. The lowest BCUT2D eigenvalue weighted by Crippen LogP contribution is -2.57. The molecule has 0 bridgehead atoms. The maximum absolute atomic E-state index is 5.96. The van der Waals surface area contributed by atoms with Crippen LogP contribution in [0.4, 0.5) is 5.69 Å². The van der Waals surface area contributed by atoms with E-state index in [0.29, 0.717) is 29.4 Å². The van der Waals surface area contributed by atoms with Crippen LogP contribution in [-0.2, 0) is 12.1 Å². The van der Waals surface area contributed by atoms with Crippen LogP contribution < -0.4 is 19.7 Å². The van der Waals surface area contributed by atoms with Gasteiger partial charge in [-0.15, -0.1) is 0 Å². The van der Waals surface area contributed by atoms with Crippen LogP contribution in [0.15, 0.2) is 52.9 Å². The van der Waals surface area contributed by atoms with Crippen molar-refractivity contribution >= 4 is 34.6 Å². The summed E-state index contributed by atoms with van der Waals surface area (Å²) in [7, 11) is 1.60. The second kappa shape index (κ2) is 6.39. The van der Waals surface area contributed by atoms with Gasteiger partial charge in [-0.1, -0.05) is 18.2 Å². The summed E-state index contributed by atoms with van der Waals surface area (Å²) >= 11 is 11.7. The summed E-state index contributed by atoms with van der Waals surface area (Å²) < 4.78 is 16.8. The Balaban J connectivity index is 1.63. The lowest BCUT2D eigenvalue weighted by atomic mass is 9.84. The highest BCUT2D eigenvalue weighted by Gasteiger charge is 2.50. The number of aromatic nitrogens is 1. The van der Waals surface area contributed by atoms with Crippen molar-refractivity contribution in [3.8, 4) is 11.6 Å². The number of thiocarbonyl (C=S) groups is 1. The fourth-order valence-electron chi connectivity index (χ4n) is 3.77. The van der Waals surface area contributed by atoms with Crippen molar-refractivity contribution in [2.24, 2.45) is 0 Å². The number of pyridine rings is 1. The number of para-hydroxylation sites is 1. The molecule has 0 radical (unpaired) electrons. The van der Waals surface area contributed by atoms with Crippen molar-refractivity contribution in [2.45, 2.75) is 12.1 Å². The lowest BCUT2D eigenvalue weighted by molar-refractivity contribution is 0.277. The molecule has 3 aromatic rings. The number of anilines is 1. The number of furan rings is 1. The largest absolute Gasteiger partial charge is 0.488 e. The minimum Gasteiger partial charge on any atom is -0.488 e. The standard InChI is InChI=1S/C20H16ClN3O3S/c1-25-17-9-7-15-18(22-17)20(11-26-15)13-4-2-3-5-14(13)24(19(28)23-20)10-12-6-8-16(21)27-12/h2-9H,10-11H2,1H3,(H,23,28). The molecular weight excluding hydrogens is 398 g/mol. The third kappa shape index (κ3) is 2.54. The molecule has 1 N–H and O–H groups in total. The molecule has 8 heteroatoms. The van der Waals surface area contributed by atoms with Gasteiger partial charge in [-0.3, -0.25) is 0 Å². The smallest absolute Gasteiger partial charge is 0.213 e. The maximum atomic E-state index is 5.96. The van der Waals surface area contributed by atoms with Crippen molar-refractivity contribution < 1.29 is 13.9 Å². The minimum atomic E-state index is -0.672. The zero-order valence-electron chi connectivity index (χ0n) is 14.9. The van der Waals surface area contributed by atoms with Gasteiger partial charge in [-0.2, -0.15) is 0 Å². The molecule has 5 rings (SSSR count). The van der Waals surface area contributed by atoms with E-state index in [1.165, 1.54) is 0 Å². The van der Waals surface area contributed by atoms with Crippen molar-refractivity contribution in [1.29, 1.82) is 0 Å². The van der Waals surface area contributed by atoms with Gasteiger partial charge >= 0.3 is 0 Å². The first-order chi connectivity index (χ1) is 13.6. The second-order valence-corrected chi connectivity index (χ2v) is 7.39. The van der Waals surface area contributed by atoms with Crippen molar-refractivity contribution in [3.63, 3.8) is 0 Å². The molecule has 1 spiro atoms. The fourth-order valence-corrected chi connectivity index (χ4v) is 4.26. The highest BCUT2D eigenvalue weighted by Crippen LogP contribution is 2.47. The number of rotatable bonds is 3. The van der Waals surface area contributed by atoms with E-state index < -0.39 is 5.54 Å². The lowest BCUT2D eigenvalue weighted by Gasteiger charge is -2.42. The van der Waals surface area contributed by atoms with Crippen molar-refractivity contribution in [1.82, 2.24) is 10.3 Å². The molecule has 0 aliphatic carbocycles. The predicted octanol–water partition coefficient (Wildman–Crippen LogP) is 3.87. The minimum absolute atomic E-state index is 0.352. The van der Waals surface area contributed by atoms with Crippen LogP contribution >= 0.6 is 23.8 Å². The van der Waals surface area contributed by atoms with Gasteiger partial charge in [0.05, 0.1) is 13.7 Å². The van der Waals surface area contributed by atoms with Crippen LogP contribution in [0.1, 0.15) is 17.0 Å². The van der Waals surface area contributed by atoms with E-state index in [1.54, 1.807) is 19.2 Å². The number of halogens is 1. The topological polar surface area (TPSA) is 59.8 Å². The molecule has 1 atom stereocenters. The highest BCUT2D eigenvalue weighted by atomic mass is 35.5. The number of nitrogens with zero attached hydrogens (tertiary/aromatic N) is 2. The summed E-state index contributed by atoms with van der Waals surface area (Å²) in [5, 5.41) is 4.39. The molecule has 0 saturated heterocycles. The molecule has 2 aliphatic heterocycles. The Hall–Kier alpha value is -2.77. The summed E-state index contributed by atoms with van der Waals surface area (Å²) in [5.41, 5.74) is 2.09. The summed E-state index contributed by atoms with van der Waals surface area (Å²) in [6, 6.07) is 15.3. The molecule has 1 aromatic carbocycles. The van der Waals surface area contributed by atoms with E-state index in [0.717, 1.165) is 28.5 Å². The molecule has 0 amide bonds. The van der Waals surface area contributed by atoms with Crippen LogP contribution in [0.2, 0.25) is 5.22 Å². The Morgan fingerprint density at radius 2 is 2.11 bits per heavy atom. The summed E-state index contributed by atoms with van der Waals surface area (Å²) in [6.07, 6.45) is 0. The molecule has 0 saturated carbocycles. The van der Waals surface area contributed by atoms with Gasteiger partial charge in [0, 0.05) is 17.3 Å². The Labute approximate surface area is 172 Å². The molecule has 0 fully saturated rings. The number of ether oxygens (including phenoxy) is 2. The van der Waals surface area contributed by atoms with Crippen LogP contribution in [0, 0.1) is 0 Å². The molecule has 2 aliphatic rings. The van der Waals surface area contributed by atoms with E-state index >= 15 is 0 Å². The van der Waals surface area contributed by atoms with E-state index in [4.69, 9.17) is 37.7 Å². The van der Waals surface area contributed by atoms with E-state index in [9.17, 15) is 0 Å². The Morgan fingerprint density at radius 3 is 2.89 bits per heavy atom. The third-order valence-corrected chi connectivity index (χ3v) is 5.58. The zero-order chi connectivity index (χ0) is 19.3. The normalized spacial score (nSPS) is 19.8. The average Bonchev–Trinajstić information content (AvgIpc) is 3.29. The van der Waals surface area contributed by atoms with Crippen LogP contribution in [0.25, 0.3) is 0 Å². The predicted molar refractivity (Wildman–Crippen MR) is 109 cm³/mol. The number of fused-ring (bicyclic) bond motifs is 4. The van der Waals surface area contributed by atoms with Crippen LogP contribution in [0.5, 0.6) is 11.6 Å². The first-order valence-corrected chi connectivity index (χ1v) is 9.51. The van der Waals surface area contributed by atoms with Gasteiger partial charge in [-0.05, 0) is 48.1 Å². The summed E-state index contributed by atoms with van der Waals surface area (Å²) in [5.74, 6) is 1.97. The monoisotopic (exact) mass is 413 g/mol. The molecule has 4 heterocycles. The molecular formula is C20H16ClN3O3S. The molecule has 142 valence electrons. The fraction of sp³-hybridized carbons (Fsp3) is 0.200. The first-order valence-electron chi connectivity index (χ1n) is 8.72.